The largest absolute Gasteiger partial charge is 0.508 e. The van der Waals surface area contributed by atoms with Crippen molar-refractivity contribution in [3.63, 3.8) is 0 Å². The minimum Gasteiger partial charge on any atom is -0.508 e. The van der Waals surface area contributed by atoms with E-state index in [0.717, 1.165) is 0 Å². The monoisotopic (exact) mass is 313 g/mol. The van der Waals surface area contributed by atoms with Gasteiger partial charge >= 0.3 is 0 Å². The molecular weight excluding hydrogens is 297 g/mol. The van der Waals surface area contributed by atoms with Gasteiger partial charge in [-0.1, -0.05) is 12.1 Å². The molecule has 2 aromatic rings. The molecular formula is C18H16FNO3. The Kier molecular flexibility index (Phi) is 3.86. The third kappa shape index (κ3) is 2.95. The Morgan fingerprint density at radius 2 is 1.91 bits per heavy atom. The van der Waals surface area contributed by atoms with Gasteiger partial charge in [-0.2, -0.15) is 0 Å². The Balaban J connectivity index is 2.04. The number of aromatic hydroxyl groups is 1. The van der Waals surface area contributed by atoms with Crippen LogP contribution in [0.15, 0.2) is 36.4 Å². The van der Waals surface area contributed by atoms with Crippen molar-refractivity contribution in [2.45, 2.75) is 26.3 Å². The Labute approximate surface area is 133 Å². The number of phenolic OH excluding ortho intramolecular Hbond substituents is 1. The zero-order valence-electron chi connectivity index (χ0n) is 12.7. The zero-order chi connectivity index (χ0) is 16.6. The van der Waals surface area contributed by atoms with Crippen LogP contribution in [0.3, 0.4) is 0 Å². The van der Waals surface area contributed by atoms with Crippen LogP contribution in [0.2, 0.25) is 0 Å². The highest BCUT2D eigenvalue weighted by atomic mass is 19.1. The van der Waals surface area contributed by atoms with Crippen LogP contribution in [0.1, 0.15) is 34.3 Å². The number of Topliss-reactive ketones (excluding diaryl/α,β-unsaturated/α-hetero) is 1. The number of phenols is 1. The lowest BCUT2D eigenvalue weighted by Crippen LogP contribution is -2.29. The first-order chi connectivity index (χ1) is 11.0. The molecule has 5 heteroatoms. The van der Waals surface area contributed by atoms with E-state index in [4.69, 9.17) is 0 Å². The van der Waals surface area contributed by atoms with Crippen molar-refractivity contribution >= 4 is 17.4 Å². The number of carbonyl (C=O) groups excluding carboxylic acids is 2. The van der Waals surface area contributed by atoms with Crippen molar-refractivity contribution in [2.24, 2.45) is 0 Å². The van der Waals surface area contributed by atoms with E-state index in [1.165, 1.54) is 29.2 Å². The number of carbonyl (C=O) groups is 2. The fourth-order valence-corrected chi connectivity index (χ4v) is 2.69. The van der Waals surface area contributed by atoms with Gasteiger partial charge in [0, 0.05) is 24.5 Å². The van der Waals surface area contributed by atoms with Gasteiger partial charge < -0.3 is 10.0 Å². The summed E-state index contributed by atoms with van der Waals surface area (Å²) in [5.41, 5.74) is 1.94. The van der Waals surface area contributed by atoms with E-state index in [9.17, 15) is 19.1 Å². The summed E-state index contributed by atoms with van der Waals surface area (Å²) < 4.78 is 13.7. The molecule has 0 spiro atoms. The quantitative estimate of drug-likeness (QED) is 0.925. The number of fused-ring (bicyclic) bond motifs is 1. The molecule has 2 aromatic carbocycles. The lowest BCUT2D eigenvalue weighted by molar-refractivity contribution is -0.118. The fraction of sp³-hybridized carbons (Fsp3) is 0.222. The molecule has 0 saturated carbocycles. The van der Waals surface area contributed by atoms with E-state index in [1.807, 2.05) is 0 Å². The zero-order valence-corrected chi connectivity index (χ0v) is 12.7. The molecule has 0 fully saturated rings. The highest BCUT2D eigenvalue weighted by Gasteiger charge is 2.27. The van der Waals surface area contributed by atoms with Crippen LogP contribution in [-0.2, 0) is 11.3 Å². The SMILES string of the molecule is Cc1ccc(CN2C(=O)CCC(=O)c3ccc(O)cc32)cc1F. The van der Waals surface area contributed by atoms with Crippen molar-refractivity contribution in [3.8, 4) is 5.75 Å². The van der Waals surface area contributed by atoms with E-state index in [2.05, 4.69) is 0 Å². The standard InChI is InChI=1S/C18H16FNO3/c1-11-2-3-12(8-15(11)19)10-20-16-9-13(21)4-5-14(16)17(22)6-7-18(20)23/h2-5,8-9,21H,6-7,10H2,1H3. The number of nitrogens with zero attached hydrogens (tertiary/aromatic N) is 1. The summed E-state index contributed by atoms with van der Waals surface area (Å²) in [5, 5.41) is 9.71. The Morgan fingerprint density at radius 3 is 2.65 bits per heavy atom. The van der Waals surface area contributed by atoms with E-state index in [0.29, 0.717) is 22.4 Å². The van der Waals surface area contributed by atoms with Gasteiger partial charge in [-0.05, 0) is 36.2 Å². The maximum absolute atomic E-state index is 13.7. The van der Waals surface area contributed by atoms with Gasteiger partial charge in [0.1, 0.15) is 11.6 Å². The molecule has 0 aliphatic carbocycles. The molecule has 1 N–H and O–H groups in total. The van der Waals surface area contributed by atoms with E-state index >= 15 is 0 Å². The summed E-state index contributed by atoms with van der Waals surface area (Å²) in [5.74, 6) is -0.710. The summed E-state index contributed by atoms with van der Waals surface area (Å²) in [7, 11) is 0. The molecule has 23 heavy (non-hydrogen) atoms. The van der Waals surface area contributed by atoms with Crippen LogP contribution in [0, 0.1) is 12.7 Å². The first-order valence-corrected chi connectivity index (χ1v) is 7.37. The maximum atomic E-state index is 13.7. The smallest absolute Gasteiger partial charge is 0.227 e. The number of rotatable bonds is 2. The number of amides is 1. The average molecular weight is 313 g/mol. The number of ketones is 1. The van der Waals surface area contributed by atoms with Gasteiger partial charge in [0.15, 0.2) is 5.78 Å². The molecule has 4 nitrogen and oxygen atoms in total. The predicted molar refractivity (Wildman–Crippen MR) is 84.0 cm³/mol. The average Bonchev–Trinajstić information content (AvgIpc) is 2.63. The molecule has 0 atom stereocenters. The highest BCUT2D eigenvalue weighted by molar-refractivity contribution is 6.10. The van der Waals surface area contributed by atoms with Crippen molar-refractivity contribution in [1.82, 2.24) is 0 Å². The number of anilines is 1. The summed E-state index contributed by atoms with van der Waals surface area (Å²) in [6.07, 6.45) is 0.234. The molecule has 118 valence electrons. The van der Waals surface area contributed by atoms with Crippen LogP contribution in [-0.4, -0.2) is 16.8 Å². The lowest BCUT2D eigenvalue weighted by Gasteiger charge is -2.23. The number of benzene rings is 2. The molecule has 0 saturated heterocycles. The molecule has 0 aromatic heterocycles. The maximum Gasteiger partial charge on any atom is 0.227 e. The topological polar surface area (TPSA) is 57.6 Å². The molecule has 0 radical (unpaired) electrons. The second kappa shape index (κ2) is 5.83. The molecule has 1 amide bonds. The van der Waals surface area contributed by atoms with Crippen LogP contribution in [0.25, 0.3) is 0 Å². The number of hydrogen-bond acceptors (Lipinski definition) is 3. The second-order valence-corrected chi connectivity index (χ2v) is 5.69. The van der Waals surface area contributed by atoms with Gasteiger partial charge in [0.2, 0.25) is 5.91 Å². The van der Waals surface area contributed by atoms with Crippen LogP contribution in [0.5, 0.6) is 5.75 Å². The predicted octanol–water partition coefficient (Wildman–Crippen LogP) is 3.35. The molecule has 0 bridgehead atoms. The molecule has 1 aliphatic heterocycles. The fourth-order valence-electron chi connectivity index (χ4n) is 2.69. The van der Waals surface area contributed by atoms with Crippen LogP contribution >= 0.6 is 0 Å². The summed E-state index contributed by atoms with van der Waals surface area (Å²) in [6.45, 7) is 1.82. The Hall–Kier alpha value is -2.69. The minimum atomic E-state index is -0.336. The van der Waals surface area contributed by atoms with Crippen molar-refractivity contribution in [3.05, 3.63) is 58.9 Å². The summed E-state index contributed by atoms with van der Waals surface area (Å²) >= 11 is 0. The Bertz CT molecular complexity index is 801. The van der Waals surface area contributed by atoms with Crippen molar-refractivity contribution < 1.29 is 19.1 Å². The first-order valence-electron chi connectivity index (χ1n) is 7.37. The summed E-state index contributed by atoms with van der Waals surface area (Å²) in [6, 6.07) is 9.14. The minimum absolute atomic E-state index is 0.0219. The van der Waals surface area contributed by atoms with Gasteiger partial charge in [0.05, 0.1) is 12.2 Å². The third-order valence-electron chi connectivity index (χ3n) is 4.02. The van der Waals surface area contributed by atoms with Crippen molar-refractivity contribution in [2.75, 3.05) is 4.90 Å². The second-order valence-electron chi connectivity index (χ2n) is 5.69. The summed E-state index contributed by atoms with van der Waals surface area (Å²) in [4.78, 5) is 26.0. The highest BCUT2D eigenvalue weighted by Crippen LogP contribution is 2.31. The van der Waals surface area contributed by atoms with Gasteiger partial charge in [0.25, 0.3) is 0 Å². The molecule has 0 unspecified atom stereocenters. The number of aryl methyl sites for hydroxylation is 1. The Morgan fingerprint density at radius 1 is 1.13 bits per heavy atom. The lowest BCUT2D eigenvalue weighted by atomic mass is 10.1. The molecule has 1 heterocycles. The molecule has 1 aliphatic rings. The van der Waals surface area contributed by atoms with E-state index in [1.54, 1.807) is 19.1 Å². The van der Waals surface area contributed by atoms with Gasteiger partial charge in [-0.15, -0.1) is 0 Å². The first kappa shape index (κ1) is 15.2. The normalized spacial score (nSPS) is 14.6. The van der Waals surface area contributed by atoms with E-state index < -0.39 is 0 Å². The third-order valence-corrected chi connectivity index (χ3v) is 4.02. The van der Waals surface area contributed by atoms with Gasteiger partial charge in [-0.3, -0.25) is 9.59 Å². The number of hydrogen-bond donors (Lipinski definition) is 1. The molecule has 3 rings (SSSR count). The van der Waals surface area contributed by atoms with Crippen molar-refractivity contribution in [1.29, 1.82) is 0 Å². The van der Waals surface area contributed by atoms with Crippen LogP contribution in [0.4, 0.5) is 10.1 Å². The number of halogens is 1. The van der Waals surface area contributed by atoms with E-state index in [-0.39, 0.29) is 42.6 Å². The van der Waals surface area contributed by atoms with Gasteiger partial charge in [-0.25, -0.2) is 4.39 Å². The van der Waals surface area contributed by atoms with Crippen LogP contribution < -0.4 is 4.90 Å².